The van der Waals surface area contributed by atoms with Gasteiger partial charge in [0.25, 0.3) is 0 Å². The molecule has 12 bridgehead atoms. The molecule has 5 aromatic carbocycles. The first kappa shape index (κ1) is 68.5. The van der Waals surface area contributed by atoms with E-state index in [9.17, 15) is 0 Å². The average molecular weight is 1360 g/mol. The van der Waals surface area contributed by atoms with E-state index in [1.54, 1.807) is 0 Å². The van der Waals surface area contributed by atoms with Gasteiger partial charge in [-0.3, -0.25) is 0 Å². The van der Waals surface area contributed by atoms with Crippen molar-refractivity contribution < 1.29 is 0 Å². The Bertz CT molecular complexity index is 5130. The fraction of sp³-hybridized carbons (Fsp3) is 0.411. The zero-order chi connectivity index (χ0) is 73.3. The van der Waals surface area contributed by atoms with Crippen LogP contribution >= 0.6 is 0 Å². The molecule has 1 saturated carbocycles. The molecule has 0 radical (unpaired) electrons. The lowest BCUT2D eigenvalue weighted by atomic mass is 9.59. The van der Waals surface area contributed by atoms with Crippen LogP contribution in [-0.2, 0) is 43.3 Å². The summed E-state index contributed by atoms with van der Waals surface area (Å²) >= 11 is 0. The maximum Gasteiger partial charge on any atom is 0.116 e. The Hall–Kier alpha value is -8.88. The largest absolute Gasteiger partial charge is 0.354 e. The van der Waals surface area contributed by atoms with E-state index < -0.39 is 0 Å². The van der Waals surface area contributed by atoms with E-state index in [4.69, 9.17) is 29.9 Å². The van der Waals surface area contributed by atoms with Crippen LogP contribution in [0.5, 0.6) is 0 Å². The maximum atomic E-state index is 6.10. The van der Waals surface area contributed by atoms with Crippen molar-refractivity contribution in [1.29, 1.82) is 0 Å². The molecule has 0 spiro atoms. The number of hydrogen-bond donors (Lipinski definition) is 2. The second kappa shape index (κ2) is 22.8. The first-order valence-electron chi connectivity index (χ1n) is 38.1. The molecule has 526 valence electrons. The van der Waals surface area contributed by atoms with E-state index in [-0.39, 0.29) is 55.2 Å². The zero-order valence-corrected chi connectivity index (χ0v) is 65.7. The molecular weight excluding hydrogens is 1250 g/mol. The zero-order valence-electron chi connectivity index (χ0n) is 65.7. The molecule has 5 aliphatic carbocycles. The van der Waals surface area contributed by atoms with Gasteiger partial charge >= 0.3 is 0 Å². The number of hydrogen-bond acceptors (Lipinski definition) is 6. The summed E-state index contributed by atoms with van der Waals surface area (Å²) in [5, 5.41) is 0. The fourth-order valence-electron chi connectivity index (χ4n) is 17.3. The molecule has 8 nitrogen and oxygen atoms in total. The van der Waals surface area contributed by atoms with Gasteiger partial charge in [-0.25, -0.2) is 29.9 Å². The Labute approximate surface area is 611 Å². The van der Waals surface area contributed by atoms with Gasteiger partial charge in [0.05, 0.1) is 67.3 Å². The molecular formula is C95H106N8. The van der Waals surface area contributed by atoms with Gasteiger partial charge in [0.2, 0.25) is 0 Å². The molecule has 0 saturated heterocycles. The topological polar surface area (TPSA) is 109 Å². The number of rotatable bonds is 4. The van der Waals surface area contributed by atoms with Gasteiger partial charge in [-0.1, -0.05) is 263 Å². The number of H-pyrrole nitrogens is 2. The van der Waals surface area contributed by atoms with Crippen molar-refractivity contribution in [2.45, 2.75) is 228 Å². The van der Waals surface area contributed by atoms with Gasteiger partial charge in [0.1, 0.15) is 11.0 Å². The van der Waals surface area contributed by atoms with E-state index >= 15 is 0 Å². The van der Waals surface area contributed by atoms with Crippen molar-refractivity contribution in [3.8, 4) is 44.5 Å². The van der Waals surface area contributed by atoms with Crippen LogP contribution in [0.4, 0.5) is 0 Å². The maximum absolute atomic E-state index is 6.10. The molecule has 8 heteroatoms. The van der Waals surface area contributed by atoms with Gasteiger partial charge in [0, 0.05) is 45.1 Å². The van der Waals surface area contributed by atoms with E-state index in [0.717, 1.165) is 134 Å². The molecule has 10 aromatic rings. The minimum Gasteiger partial charge on any atom is -0.354 e. The molecule has 0 unspecified atom stereocenters. The molecule has 103 heavy (non-hydrogen) atoms. The summed E-state index contributed by atoms with van der Waals surface area (Å²) in [6, 6.07) is 38.0. The van der Waals surface area contributed by atoms with Crippen molar-refractivity contribution in [3.63, 3.8) is 0 Å². The molecule has 7 heterocycles. The highest BCUT2D eigenvalue weighted by Crippen LogP contribution is 2.64. The highest BCUT2D eigenvalue weighted by Gasteiger charge is 2.56. The second-order valence-corrected chi connectivity index (χ2v) is 39.6. The minimum atomic E-state index is -0.206. The van der Waals surface area contributed by atoms with Crippen LogP contribution in [0.2, 0.25) is 0 Å². The van der Waals surface area contributed by atoms with Crippen molar-refractivity contribution in [3.05, 3.63) is 200 Å². The number of nitrogens with zero attached hydrogens (tertiary/aromatic N) is 6. The summed E-state index contributed by atoms with van der Waals surface area (Å²) < 4.78 is 0. The number of aromatic amines is 2. The van der Waals surface area contributed by atoms with Gasteiger partial charge in [-0.2, -0.15) is 0 Å². The van der Waals surface area contributed by atoms with E-state index in [1.165, 1.54) is 50.9 Å². The Balaban J connectivity index is 1.14. The Morgan fingerprint density at radius 3 is 0.825 bits per heavy atom. The Kier molecular flexibility index (Phi) is 15.2. The van der Waals surface area contributed by atoms with E-state index in [2.05, 4.69) is 322 Å². The molecule has 1 fully saturated rings. The second-order valence-electron chi connectivity index (χ2n) is 39.6. The monoisotopic (exact) mass is 1360 g/mol. The minimum absolute atomic E-state index is 0.156. The fourth-order valence-corrected chi connectivity index (χ4v) is 17.3. The molecule has 2 aliphatic heterocycles. The summed E-state index contributed by atoms with van der Waals surface area (Å²) in [5.41, 5.74) is 30.8. The summed E-state index contributed by atoms with van der Waals surface area (Å²) in [5.74, 6) is 2.80. The van der Waals surface area contributed by atoms with Gasteiger partial charge < -0.3 is 9.97 Å². The number of nitrogens with one attached hydrogen (secondary N) is 2. The van der Waals surface area contributed by atoms with Gasteiger partial charge in [-0.05, 0) is 189 Å². The molecule has 5 aromatic heterocycles. The van der Waals surface area contributed by atoms with E-state index in [1.807, 2.05) is 0 Å². The molecule has 0 amide bonds. The lowest BCUT2D eigenvalue weighted by Crippen LogP contribution is -2.38. The first-order valence-corrected chi connectivity index (χ1v) is 38.1. The predicted molar refractivity (Wildman–Crippen MR) is 436 cm³/mol. The molecule has 17 rings (SSSR count). The Morgan fingerprint density at radius 2 is 0.544 bits per heavy atom. The Morgan fingerprint density at radius 1 is 0.282 bits per heavy atom. The first-order chi connectivity index (χ1) is 48.0. The summed E-state index contributed by atoms with van der Waals surface area (Å²) in [6.45, 7) is 55.9. The standard InChI is InChI=1S/C95H106N8/c1-88(2,3)56-36-52(37-57(44-56)89(4,5)6)78-66-29-30-67(96-66)79(53-38-58(90(7,8)9)45-59(39-53)91(10,11)12)69-32-34-71(98-69)81(55-42-62(94(19,20)21)47-63(43-55)95(22,23)24)85-87-86(84(103-85)80(70-33-31-68(78)97-70)54-40-60(92(13,14)15)46-61(41-54)93(16,17)18)101-74-48-72-73(49-75(74)102-87)100-83-65-28-27-64(82(83)99-72)76-50-25-26-51(35-50)77(65)76/h25-34,36-51,64-65,76-77,96,103H,35H2,1-24H3/t50-,51+,64+,65-,76-,77+. The quantitative estimate of drug-likeness (QED) is 0.134. The smallest absolute Gasteiger partial charge is 0.116 e. The van der Waals surface area contributed by atoms with Crippen LogP contribution in [0.15, 0.2) is 121 Å². The van der Waals surface area contributed by atoms with Crippen LogP contribution in [-0.4, -0.2) is 39.9 Å². The van der Waals surface area contributed by atoms with Crippen molar-refractivity contribution in [2.24, 2.45) is 23.7 Å². The molecule has 6 atom stereocenters. The number of benzene rings is 5. The third-order valence-electron chi connectivity index (χ3n) is 23.6. The van der Waals surface area contributed by atoms with Crippen molar-refractivity contribution >= 4 is 79.5 Å². The normalized spacial score (nSPS) is 19.7. The average Bonchev–Trinajstić information content (AvgIpc) is 1.62. The lowest BCUT2D eigenvalue weighted by Gasteiger charge is -2.45. The number of aromatic nitrogens is 8. The SMILES string of the molecule is CC(C)(C)c1cc(-c2c3nc(c(-c4cc(C(C)(C)C)cc(C(C)(C)C)c4)c4[nH]c(c(-c5cc(C(C)(C)C)cc(C(C)(C)C)c5)c5nc(c(-c6cc(C(C)(C)C)cc(C(C)(C)C)c6)c6ccc2[nH]6)C=C5)c2nc5cc6nc7c(nc6cc5nc42)[C@H]2C=C[C@@H]7[C@H]4[C@@H]2[C@@H]2C=C[C@H]4C2)C=C3)cc(C(C)(C)C)c1. The van der Waals surface area contributed by atoms with Gasteiger partial charge in [-0.15, -0.1) is 0 Å². The van der Waals surface area contributed by atoms with Crippen LogP contribution < -0.4 is 0 Å². The molecule has 7 aliphatic rings. The highest BCUT2D eigenvalue weighted by molar-refractivity contribution is 6.16. The van der Waals surface area contributed by atoms with Crippen molar-refractivity contribution in [2.75, 3.05) is 0 Å². The summed E-state index contributed by atoms with van der Waals surface area (Å²) in [7, 11) is 0. The third kappa shape index (κ3) is 11.8. The highest BCUT2D eigenvalue weighted by atomic mass is 14.9. The third-order valence-corrected chi connectivity index (χ3v) is 23.6. The van der Waals surface area contributed by atoms with Crippen LogP contribution in [0.25, 0.3) is 124 Å². The van der Waals surface area contributed by atoms with Crippen LogP contribution in [0, 0.1) is 23.7 Å². The summed E-state index contributed by atoms with van der Waals surface area (Å²) in [4.78, 5) is 44.2. The van der Waals surface area contributed by atoms with Crippen LogP contribution in [0.3, 0.4) is 0 Å². The molecule has 2 N–H and O–H groups in total. The predicted octanol–water partition coefficient (Wildman–Crippen LogP) is 24.9. The number of allylic oxidation sites excluding steroid dienone is 4. The van der Waals surface area contributed by atoms with Gasteiger partial charge in [0.15, 0.2) is 0 Å². The van der Waals surface area contributed by atoms with E-state index in [0.29, 0.717) is 23.7 Å². The number of fused-ring (bicyclic) bond motifs is 15. The summed E-state index contributed by atoms with van der Waals surface area (Å²) in [6.07, 6.45) is 20.2. The lowest BCUT2D eigenvalue weighted by molar-refractivity contribution is 0.220. The van der Waals surface area contributed by atoms with Crippen molar-refractivity contribution in [1.82, 2.24) is 39.9 Å². The van der Waals surface area contributed by atoms with Crippen LogP contribution in [0.1, 0.15) is 263 Å².